The molecule has 0 spiro atoms. The molecule has 0 aromatic carbocycles. The lowest BCUT2D eigenvalue weighted by Crippen LogP contribution is -2.51. The maximum Gasteiger partial charge on any atom is 0.274 e. The van der Waals surface area contributed by atoms with Crippen LogP contribution >= 0.6 is 0 Å². The van der Waals surface area contributed by atoms with Gasteiger partial charge in [-0.2, -0.15) is 5.10 Å². The molecule has 2 saturated carbocycles. The molecule has 31 heavy (non-hydrogen) atoms. The monoisotopic (exact) mass is 426 g/mol. The van der Waals surface area contributed by atoms with E-state index in [-0.39, 0.29) is 23.6 Å². The largest absolute Gasteiger partial charge is 0.379 e. The molecule has 5 rings (SSSR count). The van der Waals surface area contributed by atoms with E-state index in [1.165, 1.54) is 10.8 Å². The number of fused-ring (bicyclic) bond motifs is 1. The van der Waals surface area contributed by atoms with E-state index in [2.05, 4.69) is 20.7 Å². The molecule has 1 amide bonds. The number of anilines is 2. The maximum atomic E-state index is 13.4. The van der Waals surface area contributed by atoms with E-state index < -0.39 is 12.2 Å². The zero-order valence-corrected chi connectivity index (χ0v) is 17.2. The van der Waals surface area contributed by atoms with E-state index in [1.807, 2.05) is 6.92 Å². The van der Waals surface area contributed by atoms with Gasteiger partial charge in [-0.1, -0.05) is 0 Å². The summed E-state index contributed by atoms with van der Waals surface area (Å²) in [4.78, 5) is 30.0. The summed E-state index contributed by atoms with van der Waals surface area (Å²) >= 11 is 0. The van der Waals surface area contributed by atoms with Crippen LogP contribution in [0.2, 0.25) is 0 Å². The summed E-state index contributed by atoms with van der Waals surface area (Å²) in [6, 6.07) is 4.63. The molecule has 0 saturated heterocycles. The van der Waals surface area contributed by atoms with E-state index in [1.54, 1.807) is 36.0 Å². The van der Waals surface area contributed by atoms with Gasteiger partial charge in [0.2, 0.25) is 0 Å². The molecule has 2 N–H and O–H groups in total. The molecule has 162 valence electrons. The van der Waals surface area contributed by atoms with Gasteiger partial charge in [-0.15, -0.1) is 0 Å². The Hall–Kier alpha value is -3.27. The van der Waals surface area contributed by atoms with Crippen molar-refractivity contribution in [2.24, 2.45) is 0 Å². The van der Waals surface area contributed by atoms with Crippen LogP contribution in [0.4, 0.5) is 15.9 Å². The third kappa shape index (κ3) is 3.46. The summed E-state index contributed by atoms with van der Waals surface area (Å²) in [5.41, 5.74) is 1.45. The van der Waals surface area contributed by atoms with Gasteiger partial charge in [-0.05, 0) is 31.9 Å². The Balaban J connectivity index is 1.44. The average molecular weight is 426 g/mol. The van der Waals surface area contributed by atoms with Crippen molar-refractivity contribution < 1.29 is 13.9 Å². The SMILES string of the molecule is CO[C@H]1CCC1NC(=O)c1cnn2c(C)cc(Nc3cccn([C@H]4C[C@@H]4F)c3=O)nc12. The Morgan fingerprint density at radius 1 is 1.35 bits per heavy atom. The number of nitrogens with one attached hydrogen (secondary N) is 2. The molecule has 2 aliphatic carbocycles. The van der Waals surface area contributed by atoms with Gasteiger partial charge in [-0.25, -0.2) is 13.9 Å². The second-order valence-corrected chi connectivity index (χ2v) is 8.09. The third-order valence-corrected chi connectivity index (χ3v) is 6.00. The minimum absolute atomic E-state index is 0.0216. The lowest BCUT2D eigenvalue weighted by molar-refractivity contribution is 0.00732. The van der Waals surface area contributed by atoms with Crippen LogP contribution in [-0.2, 0) is 4.74 Å². The fourth-order valence-corrected chi connectivity index (χ4v) is 3.94. The van der Waals surface area contributed by atoms with Crippen LogP contribution in [0.1, 0.15) is 41.4 Å². The summed E-state index contributed by atoms with van der Waals surface area (Å²) in [6.45, 7) is 1.84. The van der Waals surface area contributed by atoms with Crippen LogP contribution < -0.4 is 16.2 Å². The lowest BCUT2D eigenvalue weighted by atomic mass is 9.89. The van der Waals surface area contributed by atoms with E-state index in [4.69, 9.17) is 4.74 Å². The van der Waals surface area contributed by atoms with Gasteiger partial charge in [0.1, 0.15) is 23.2 Å². The third-order valence-electron chi connectivity index (χ3n) is 6.00. The molecule has 2 aliphatic rings. The smallest absolute Gasteiger partial charge is 0.274 e. The first kappa shape index (κ1) is 19.7. The first-order valence-electron chi connectivity index (χ1n) is 10.3. The minimum atomic E-state index is -0.981. The van der Waals surface area contributed by atoms with Gasteiger partial charge in [-0.3, -0.25) is 9.59 Å². The number of ether oxygens (including phenoxy) is 1. The van der Waals surface area contributed by atoms with Crippen LogP contribution in [-0.4, -0.2) is 50.5 Å². The molecule has 3 aromatic heterocycles. The van der Waals surface area contributed by atoms with Gasteiger partial charge in [0.15, 0.2) is 5.65 Å². The molecular formula is C21H23FN6O3. The van der Waals surface area contributed by atoms with Crippen molar-refractivity contribution in [2.45, 2.75) is 50.5 Å². The number of hydrogen-bond acceptors (Lipinski definition) is 6. The number of pyridine rings is 1. The highest BCUT2D eigenvalue weighted by Gasteiger charge is 2.40. The first-order chi connectivity index (χ1) is 15.0. The predicted molar refractivity (Wildman–Crippen MR) is 112 cm³/mol. The summed E-state index contributed by atoms with van der Waals surface area (Å²) in [5, 5.41) is 10.3. The van der Waals surface area contributed by atoms with Gasteiger partial charge < -0.3 is 19.9 Å². The van der Waals surface area contributed by atoms with Crippen LogP contribution in [0.15, 0.2) is 35.4 Å². The highest BCUT2D eigenvalue weighted by Crippen LogP contribution is 2.37. The summed E-state index contributed by atoms with van der Waals surface area (Å²) in [5.74, 6) is 0.135. The number of carbonyl (C=O) groups is 1. The highest BCUT2D eigenvalue weighted by molar-refractivity contribution is 6.00. The van der Waals surface area contributed by atoms with Gasteiger partial charge >= 0.3 is 0 Å². The number of aryl methyl sites for hydroxylation is 1. The molecule has 0 aliphatic heterocycles. The zero-order chi connectivity index (χ0) is 21.7. The second-order valence-electron chi connectivity index (χ2n) is 8.09. The lowest BCUT2D eigenvalue weighted by Gasteiger charge is -2.35. The molecule has 2 fully saturated rings. The van der Waals surface area contributed by atoms with Crippen molar-refractivity contribution in [3.05, 3.63) is 52.2 Å². The van der Waals surface area contributed by atoms with Crippen molar-refractivity contribution in [1.29, 1.82) is 0 Å². The summed E-state index contributed by atoms with van der Waals surface area (Å²) in [7, 11) is 1.63. The molecule has 3 heterocycles. The van der Waals surface area contributed by atoms with Crippen molar-refractivity contribution in [3.63, 3.8) is 0 Å². The standard InChI is InChI=1S/C21H23FN6O3/c1-11-8-18(24-15-4-3-7-27(21(15)30)16-9-13(16)22)26-19-12(10-23-28(11)19)20(29)25-14-5-6-17(14)31-2/h3-4,7-8,10,13-14,16-17H,5-6,9H2,1-2H3,(H,24,26)(H,25,29)/t13-,14?,16-,17-/m0/s1. The predicted octanol–water partition coefficient (Wildman–Crippen LogP) is 2.13. The maximum absolute atomic E-state index is 13.4. The second kappa shape index (κ2) is 7.45. The van der Waals surface area contributed by atoms with Crippen molar-refractivity contribution in [1.82, 2.24) is 24.5 Å². The van der Waals surface area contributed by atoms with Gasteiger partial charge in [0.25, 0.3) is 11.5 Å². The van der Waals surface area contributed by atoms with Crippen LogP contribution in [0.5, 0.6) is 0 Å². The molecule has 3 aromatic rings. The van der Waals surface area contributed by atoms with Crippen LogP contribution in [0.3, 0.4) is 0 Å². The molecule has 0 bridgehead atoms. The van der Waals surface area contributed by atoms with E-state index in [0.717, 1.165) is 18.5 Å². The molecule has 0 radical (unpaired) electrons. The molecule has 9 nitrogen and oxygen atoms in total. The van der Waals surface area contributed by atoms with Gasteiger partial charge in [0.05, 0.1) is 24.4 Å². The minimum Gasteiger partial charge on any atom is -0.379 e. The molecule has 4 atom stereocenters. The average Bonchev–Trinajstić information content (AvgIpc) is 3.28. The molecule has 1 unspecified atom stereocenters. The van der Waals surface area contributed by atoms with Crippen molar-refractivity contribution in [3.8, 4) is 0 Å². The van der Waals surface area contributed by atoms with E-state index in [9.17, 15) is 14.0 Å². The van der Waals surface area contributed by atoms with Crippen molar-refractivity contribution in [2.75, 3.05) is 12.4 Å². The Kier molecular flexibility index (Phi) is 4.73. The Labute approximate surface area is 177 Å². The number of halogens is 1. The number of carbonyl (C=O) groups excluding carboxylic acids is 1. The van der Waals surface area contributed by atoms with Crippen LogP contribution in [0.25, 0.3) is 5.65 Å². The topological polar surface area (TPSA) is 103 Å². The first-order valence-corrected chi connectivity index (χ1v) is 10.3. The van der Waals surface area contributed by atoms with Crippen molar-refractivity contribution >= 4 is 23.1 Å². The number of aromatic nitrogens is 4. The highest BCUT2D eigenvalue weighted by atomic mass is 19.1. The quantitative estimate of drug-likeness (QED) is 0.626. The Morgan fingerprint density at radius 3 is 2.84 bits per heavy atom. The number of hydrogen-bond donors (Lipinski definition) is 2. The fourth-order valence-electron chi connectivity index (χ4n) is 3.94. The van der Waals surface area contributed by atoms with E-state index >= 15 is 0 Å². The molecule has 10 heteroatoms. The number of nitrogens with zero attached hydrogens (tertiary/aromatic N) is 4. The number of methoxy groups -OCH3 is 1. The van der Waals surface area contributed by atoms with E-state index in [0.29, 0.717) is 29.1 Å². The van der Waals surface area contributed by atoms with Crippen LogP contribution in [0, 0.1) is 6.92 Å². The normalized spacial score (nSPS) is 24.6. The number of rotatable bonds is 6. The number of amides is 1. The Morgan fingerprint density at radius 2 is 2.16 bits per heavy atom. The number of alkyl halides is 1. The van der Waals surface area contributed by atoms with Gasteiger partial charge in [0, 0.05) is 31.5 Å². The Bertz CT molecular complexity index is 1220. The summed E-state index contributed by atoms with van der Waals surface area (Å²) < 4.78 is 21.8. The molecular weight excluding hydrogens is 403 g/mol. The fraction of sp³-hybridized carbons (Fsp3) is 0.429. The summed E-state index contributed by atoms with van der Waals surface area (Å²) in [6.07, 6.45) is 4.25. The zero-order valence-electron chi connectivity index (χ0n) is 17.2.